The molecule has 18 heavy (non-hydrogen) atoms. The van der Waals surface area contributed by atoms with Gasteiger partial charge in [0.1, 0.15) is 5.78 Å². The van der Waals surface area contributed by atoms with E-state index in [9.17, 15) is 4.79 Å². The summed E-state index contributed by atoms with van der Waals surface area (Å²) in [4.78, 5) is 16.5. The van der Waals surface area contributed by atoms with Crippen molar-refractivity contribution in [1.82, 2.24) is 4.98 Å². The second-order valence-electron chi connectivity index (χ2n) is 5.92. The number of hydrogen-bond donors (Lipinski definition) is 0. The first-order chi connectivity index (χ1) is 8.56. The van der Waals surface area contributed by atoms with Crippen molar-refractivity contribution >= 4 is 5.78 Å². The first-order valence-electron chi connectivity index (χ1n) is 7.01. The molecule has 1 saturated carbocycles. The second kappa shape index (κ2) is 5.64. The zero-order valence-electron chi connectivity index (χ0n) is 11.6. The van der Waals surface area contributed by atoms with E-state index in [1.54, 1.807) is 0 Å². The van der Waals surface area contributed by atoms with Gasteiger partial charge in [-0.3, -0.25) is 9.78 Å². The predicted octanol–water partition coefficient (Wildman–Crippen LogP) is 3.57. The largest absolute Gasteiger partial charge is 0.299 e. The minimum absolute atomic E-state index is 0.195. The Hall–Kier alpha value is -1.18. The lowest BCUT2D eigenvalue weighted by Crippen LogP contribution is -2.29. The molecule has 0 aromatic carbocycles. The summed E-state index contributed by atoms with van der Waals surface area (Å²) in [6.07, 6.45) is 3.71. The van der Waals surface area contributed by atoms with Gasteiger partial charge < -0.3 is 0 Å². The van der Waals surface area contributed by atoms with Crippen molar-refractivity contribution in [3.63, 3.8) is 0 Å². The molecule has 2 unspecified atom stereocenters. The summed E-state index contributed by atoms with van der Waals surface area (Å²) in [6, 6.07) is 6.08. The predicted molar refractivity (Wildman–Crippen MR) is 73.4 cm³/mol. The van der Waals surface area contributed by atoms with Crippen molar-refractivity contribution in [2.45, 2.75) is 46.5 Å². The smallest absolute Gasteiger partial charge is 0.136 e. The van der Waals surface area contributed by atoms with Gasteiger partial charge in [-0.1, -0.05) is 19.9 Å². The number of pyridine rings is 1. The van der Waals surface area contributed by atoms with Crippen LogP contribution in [0.1, 0.15) is 44.5 Å². The molecule has 0 bridgehead atoms. The average molecular weight is 245 g/mol. The molecule has 0 radical (unpaired) electrons. The maximum atomic E-state index is 12.0. The quantitative estimate of drug-likeness (QED) is 0.814. The van der Waals surface area contributed by atoms with Gasteiger partial charge in [-0.15, -0.1) is 0 Å². The lowest BCUT2D eigenvalue weighted by Gasteiger charge is -2.30. The Labute approximate surface area is 110 Å². The molecule has 98 valence electrons. The van der Waals surface area contributed by atoms with Crippen LogP contribution in [0.4, 0.5) is 0 Å². The van der Waals surface area contributed by atoms with Gasteiger partial charge >= 0.3 is 0 Å². The molecule has 2 rings (SSSR count). The molecule has 1 aliphatic carbocycles. The summed E-state index contributed by atoms with van der Waals surface area (Å²) in [5.74, 6) is 2.03. The van der Waals surface area contributed by atoms with Crippen LogP contribution in [0.15, 0.2) is 18.2 Å². The highest BCUT2D eigenvalue weighted by molar-refractivity contribution is 5.82. The van der Waals surface area contributed by atoms with Crippen LogP contribution in [0.5, 0.6) is 0 Å². The number of hydrogen-bond acceptors (Lipinski definition) is 2. The Kier molecular flexibility index (Phi) is 4.15. The van der Waals surface area contributed by atoms with E-state index in [2.05, 4.69) is 18.8 Å². The molecule has 2 atom stereocenters. The zero-order valence-corrected chi connectivity index (χ0v) is 11.6. The first-order valence-corrected chi connectivity index (χ1v) is 7.01. The highest BCUT2D eigenvalue weighted by Crippen LogP contribution is 2.33. The lowest BCUT2D eigenvalue weighted by atomic mass is 9.74. The third-order valence-electron chi connectivity index (χ3n) is 4.15. The number of aromatic nitrogens is 1. The summed E-state index contributed by atoms with van der Waals surface area (Å²) >= 11 is 0. The summed E-state index contributed by atoms with van der Waals surface area (Å²) in [6.45, 7) is 6.54. The number of Topliss-reactive ketones (excluding diaryl/α,β-unsaturated/α-hetero) is 1. The third-order valence-corrected chi connectivity index (χ3v) is 4.15. The van der Waals surface area contributed by atoms with Crippen LogP contribution in [0, 0.1) is 24.7 Å². The molecule has 1 heterocycles. The van der Waals surface area contributed by atoms with Crippen molar-refractivity contribution in [2.24, 2.45) is 17.8 Å². The second-order valence-corrected chi connectivity index (χ2v) is 5.92. The normalized spacial score (nSPS) is 24.6. The molecule has 2 heteroatoms. The van der Waals surface area contributed by atoms with Crippen molar-refractivity contribution in [1.29, 1.82) is 0 Å². The number of rotatable bonds is 3. The maximum Gasteiger partial charge on any atom is 0.136 e. The molecule has 1 aromatic rings. The number of aryl methyl sites for hydroxylation is 1. The Morgan fingerprint density at radius 2 is 2.17 bits per heavy atom. The van der Waals surface area contributed by atoms with Crippen molar-refractivity contribution in [3.8, 4) is 0 Å². The Morgan fingerprint density at radius 1 is 1.39 bits per heavy atom. The highest BCUT2D eigenvalue weighted by Gasteiger charge is 2.30. The van der Waals surface area contributed by atoms with E-state index in [-0.39, 0.29) is 5.92 Å². The van der Waals surface area contributed by atoms with Crippen LogP contribution in [0.3, 0.4) is 0 Å². The van der Waals surface area contributed by atoms with Gasteiger partial charge in [0.15, 0.2) is 0 Å². The molecule has 0 N–H and O–H groups in total. The maximum absolute atomic E-state index is 12.0. The molecule has 1 fully saturated rings. The van der Waals surface area contributed by atoms with Gasteiger partial charge in [-0.25, -0.2) is 0 Å². The monoisotopic (exact) mass is 245 g/mol. The fourth-order valence-corrected chi connectivity index (χ4v) is 2.91. The van der Waals surface area contributed by atoms with E-state index < -0.39 is 0 Å². The third kappa shape index (κ3) is 3.18. The van der Waals surface area contributed by atoms with Crippen LogP contribution in [-0.4, -0.2) is 10.8 Å². The van der Waals surface area contributed by atoms with Gasteiger partial charge in [-0.05, 0) is 50.2 Å². The molecular formula is C16H23NO. The molecule has 2 nitrogen and oxygen atoms in total. The van der Waals surface area contributed by atoms with Gasteiger partial charge in [0, 0.05) is 23.7 Å². The number of carbonyl (C=O) groups is 1. The van der Waals surface area contributed by atoms with Gasteiger partial charge in [-0.2, -0.15) is 0 Å². The standard InChI is InChI=1S/C16H23NO/c1-11(2)13-7-8-16(18)14(9-13)10-15-6-4-5-12(3)17-15/h4-6,11,13-14H,7-10H2,1-3H3. The molecule has 0 amide bonds. The molecular weight excluding hydrogens is 222 g/mol. The van der Waals surface area contributed by atoms with Gasteiger partial charge in [0.05, 0.1) is 0 Å². The fraction of sp³-hybridized carbons (Fsp3) is 0.625. The van der Waals surface area contributed by atoms with Crippen LogP contribution < -0.4 is 0 Å². The number of nitrogens with zero attached hydrogens (tertiary/aromatic N) is 1. The van der Waals surface area contributed by atoms with Crippen LogP contribution in [-0.2, 0) is 11.2 Å². The molecule has 0 saturated heterocycles. The number of carbonyl (C=O) groups excluding carboxylic acids is 1. The zero-order chi connectivity index (χ0) is 13.1. The van der Waals surface area contributed by atoms with E-state index in [0.29, 0.717) is 17.6 Å². The molecule has 1 aliphatic rings. The Balaban J connectivity index is 2.05. The van der Waals surface area contributed by atoms with Crippen molar-refractivity contribution < 1.29 is 4.79 Å². The van der Waals surface area contributed by atoms with Gasteiger partial charge in [0.2, 0.25) is 0 Å². The topological polar surface area (TPSA) is 30.0 Å². The lowest BCUT2D eigenvalue weighted by molar-refractivity contribution is -0.125. The van der Waals surface area contributed by atoms with E-state index in [1.165, 1.54) is 0 Å². The Bertz CT molecular complexity index is 425. The van der Waals surface area contributed by atoms with Crippen LogP contribution in [0.25, 0.3) is 0 Å². The summed E-state index contributed by atoms with van der Waals surface area (Å²) in [5, 5.41) is 0. The average Bonchev–Trinajstić information content (AvgIpc) is 2.31. The van der Waals surface area contributed by atoms with E-state index in [4.69, 9.17) is 0 Å². The SMILES string of the molecule is Cc1cccc(CC2CC(C(C)C)CCC2=O)n1. The Morgan fingerprint density at radius 3 is 2.83 bits per heavy atom. The van der Waals surface area contributed by atoms with Crippen LogP contribution >= 0.6 is 0 Å². The number of ketones is 1. The van der Waals surface area contributed by atoms with Crippen LogP contribution in [0.2, 0.25) is 0 Å². The first kappa shape index (κ1) is 13.3. The summed E-state index contributed by atoms with van der Waals surface area (Å²) < 4.78 is 0. The molecule has 0 aliphatic heterocycles. The molecule has 0 spiro atoms. The highest BCUT2D eigenvalue weighted by atomic mass is 16.1. The van der Waals surface area contributed by atoms with Crippen molar-refractivity contribution in [2.75, 3.05) is 0 Å². The fourth-order valence-electron chi connectivity index (χ4n) is 2.91. The van der Waals surface area contributed by atoms with Gasteiger partial charge in [0.25, 0.3) is 0 Å². The minimum atomic E-state index is 0.195. The molecule has 1 aromatic heterocycles. The minimum Gasteiger partial charge on any atom is -0.299 e. The van der Waals surface area contributed by atoms with E-state index in [1.807, 2.05) is 25.1 Å². The van der Waals surface area contributed by atoms with Crippen molar-refractivity contribution in [3.05, 3.63) is 29.6 Å². The summed E-state index contributed by atoms with van der Waals surface area (Å²) in [5.41, 5.74) is 2.11. The van der Waals surface area contributed by atoms with E-state index in [0.717, 1.165) is 37.1 Å². The van der Waals surface area contributed by atoms with E-state index >= 15 is 0 Å². The summed E-state index contributed by atoms with van der Waals surface area (Å²) in [7, 11) is 0.